The lowest BCUT2D eigenvalue weighted by Gasteiger charge is -2.40. The number of carbonyl (C=O) groups excluding carboxylic acids is 1. The Balaban J connectivity index is 1.39. The van der Waals surface area contributed by atoms with E-state index >= 15 is 0 Å². The molecule has 1 aliphatic heterocycles. The van der Waals surface area contributed by atoms with Crippen LogP contribution in [0.25, 0.3) is 0 Å². The van der Waals surface area contributed by atoms with Crippen LogP contribution < -0.4 is 15.6 Å². The van der Waals surface area contributed by atoms with Crippen LogP contribution in [-0.4, -0.2) is 50.8 Å². The number of hydrogen-bond donors (Lipinski definition) is 2. The molecular weight excluding hydrogens is 487 g/mol. The second-order valence-corrected chi connectivity index (χ2v) is 8.54. The molecule has 0 radical (unpaired) electrons. The molecule has 4 rings (SSSR count). The number of aromatic amines is 1. The summed E-state index contributed by atoms with van der Waals surface area (Å²) < 4.78 is 47.8. The van der Waals surface area contributed by atoms with Gasteiger partial charge in [-0.25, -0.2) is 23.1 Å². The Morgan fingerprint density at radius 1 is 1.29 bits per heavy atom. The van der Waals surface area contributed by atoms with Crippen LogP contribution in [0.1, 0.15) is 24.8 Å². The Kier molecular flexibility index (Phi) is 7.08. The van der Waals surface area contributed by atoms with Crippen molar-refractivity contribution in [1.82, 2.24) is 19.9 Å². The number of H-pyrrole nitrogens is 1. The van der Waals surface area contributed by atoms with Crippen LogP contribution in [0.15, 0.2) is 53.7 Å². The number of amides is 1. The van der Waals surface area contributed by atoms with Gasteiger partial charge in [0.25, 0.3) is 5.92 Å². The van der Waals surface area contributed by atoms with Crippen molar-refractivity contribution in [3.63, 3.8) is 0 Å². The normalized spacial score (nSPS) is 18.6. The van der Waals surface area contributed by atoms with Crippen LogP contribution in [-0.2, 0) is 4.79 Å². The first-order chi connectivity index (χ1) is 16.6. The Hall–Kier alpha value is -3.44. The number of carbonyl (C=O) groups is 1. The van der Waals surface area contributed by atoms with Gasteiger partial charge < -0.3 is 15.0 Å². The smallest absolute Gasteiger partial charge is 0.257 e. The molecule has 1 aliphatic rings. The molecule has 0 bridgehead atoms. The topological polar surface area (TPSA) is 100 Å². The zero-order valence-corrected chi connectivity index (χ0v) is 19.2. The number of alkyl halides is 2. The van der Waals surface area contributed by atoms with Crippen molar-refractivity contribution >= 4 is 23.3 Å². The van der Waals surface area contributed by atoms with Gasteiger partial charge in [0, 0.05) is 31.8 Å². The second-order valence-electron chi connectivity index (χ2n) is 8.13. The Morgan fingerprint density at radius 3 is 2.74 bits per heavy atom. The molecule has 35 heavy (non-hydrogen) atoms. The van der Waals surface area contributed by atoms with Crippen molar-refractivity contribution in [2.75, 3.05) is 18.4 Å². The van der Waals surface area contributed by atoms with E-state index in [-0.39, 0.29) is 41.1 Å². The maximum absolute atomic E-state index is 14.6. The van der Waals surface area contributed by atoms with Gasteiger partial charge in [-0.1, -0.05) is 17.7 Å². The molecule has 0 spiro atoms. The molecule has 0 aromatic carbocycles. The van der Waals surface area contributed by atoms with E-state index in [2.05, 4.69) is 20.3 Å². The maximum atomic E-state index is 14.6. The molecular formula is C23H21ClF3N5O3. The summed E-state index contributed by atoms with van der Waals surface area (Å²) in [5.74, 6) is -4.66. The number of piperidine rings is 1. The van der Waals surface area contributed by atoms with E-state index in [9.17, 15) is 22.8 Å². The number of likely N-dealkylation sites (tertiary alicyclic amines) is 1. The zero-order valence-electron chi connectivity index (χ0n) is 18.5. The summed E-state index contributed by atoms with van der Waals surface area (Å²) in [4.78, 5) is 36.1. The summed E-state index contributed by atoms with van der Waals surface area (Å²) in [5, 5.41) is 2.65. The van der Waals surface area contributed by atoms with Crippen molar-refractivity contribution in [1.29, 1.82) is 0 Å². The summed E-state index contributed by atoms with van der Waals surface area (Å²) >= 11 is 5.89. The van der Waals surface area contributed by atoms with Crippen LogP contribution in [0.3, 0.4) is 0 Å². The first-order valence-corrected chi connectivity index (χ1v) is 11.1. The SMILES string of the molecule is CC(C(=O)Nc1ccc(Oc2ncc(F)cc2Cl)cn1)N1CCC(F)(F)[C@@H](c2ccc(=O)[nH]c2)C1. The molecule has 3 aromatic heterocycles. The molecule has 3 aromatic rings. The van der Waals surface area contributed by atoms with E-state index < -0.39 is 36.0 Å². The van der Waals surface area contributed by atoms with Gasteiger partial charge in [-0.2, -0.15) is 0 Å². The van der Waals surface area contributed by atoms with Crippen LogP contribution in [0, 0.1) is 5.82 Å². The number of ether oxygens (including phenoxy) is 1. The van der Waals surface area contributed by atoms with Gasteiger partial charge in [-0.05, 0) is 30.7 Å². The Labute approximate surface area is 203 Å². The number of rotatable bonds is 6. The average molecular weight is 508 g/mol. The molecule has 8 nitrogen and oxygen atoms in total. The molecule has 1 unspecified atom stereocenters. The molecule has 1 saturated heterocycles. The quantitative estimate of drug-likeness (QED) is 0.518. The van der Waals surface area contributed by atoms with E-state index in [4.69, 9.17) is 16.3 Å². The van der Waals surface area contributed by atoms with Gasteiger partial charge in [0.1, 0.15) is 22.4 Å². The summed E-state index contributed by atoms with van der Waals surface area (Å²) in [7, 11) is 0. The van der Waals surface area contributed by atoms with Gasteiger partial charge in [0.15, 0.2) is 0 Å². The predicted molar refractivity (Wildman–Crippen MR) is 123 cm³/mol. The first-order valence-electron chi connectivity index (χ1n) is 10.7. The number of hydrogen-bond acceptors (Lipinski definition) is 6. The molecule has 0 aliphatic carbocycles. The van der Waals surface area contributed by atoms with E-state index in [1.807, 2.05) is 0 Å². The van der Waals surface area contributed by atoms with Gasteiger partial charge >= 0.3 is 0 Å². The predicted octanol–water partition coefficient (Wildman–Crippen LogP) is 4.20. The van der Waals surface area contributed by atoms with E-state index in [1.54, 1.807) is 11.8 Å². The van der Waals surface area contributed by atoms with Crippen molar-refractivity contribution in [3.8, 4) is 11.6 Å². The minimum atomic E-state index is -2.97. The lowest BCUT2D eigenvalue weighted by molar-refractivity contribution is -0.125. The van der Waals surface area contributed by atoms with Crippen LogP contribution in [0.5, 0.6) is 11.6 Å². The van der Waals surface area contributed by atoms with Gasteiger partial charge in [0.05, 0.1) is 24.4 Å². The van der Waals surface area contributed by atoms with Crippen LogP contribution in [0.2, 0.25) is 5.02 Å². The lowest BCUT2D eigenvalue weighted by Crippen LogP contribution is -2.52. The largest absolute Gasteiger partial charge is 0.436 e. The fraction of sp³-hybridized carbons (Fsp3) is 0.304. The van der Waals surface area contributed by atoms with Gasteiger partial charge in [-0.3, -0.25) is 14.5 Å². The Morgan fingerprint density at radius 2 is 2.09 bits per heavy atom. The molecule has 2 N–H and O–H groups in total. The van der Waals surface area contributed by atoms with Crippen molar-refractivity contribution in [3.05, 3.63) is 75.7 Å². The number of anilines is 1. The number of nitrogens with one attached hydrogen (secondary N) is 2. The molecule has 1 fully saturated rings. The Bertz CT molecular complexity index is 1250. The third-order valence-corrected chi connectivity index (χ3v) is 6.04. The second kappa shape index (κ2) is 10.0. The average Bonchev–Trinajstić information content (AvgIpc) is 2.82. The number of nitrogens with zero attached hydrogens (tertiary/aromatic N) is 3. The number of aromatic nitrogens is 3. The summed E-state index contributed by atoms with van der Waals surface area (Å²) in [6.07, 6.45) is 3.16. The summed E-state index contributed by atoms with van der Waals surface area (Å²) in [6.45, 7) is 1.61. The van der Waals surface area contributed by atoms with Gasteiger partial charge in [0.2, 0.25) is 17.3 Å². The maximum Gasteiger partial charge on any atom is 0.257 e. The summed E-state index contributed by atoms with van der Waals surface area (Å²) in [5.41, 5.74) is -0.0710. The first kappa shape index (κ1) is 24.7. The van der Waals surface area contributed by atoms with Crippen LogP contribution in [0.4, 0.5) is 19.0 Å². The fourth-order valence-electron chi connectivity index (χ4n) is 3.77. The van der Waals surface area contributed by atoms with E-state index in [1.165, 1.54) is 36.7 Å². The highest BCUT2D eigenvalue weighted by Crippen LogP contribution is 2.40. The summed E-state index contributed by atoms with van der Waals surface area (Å²) in [6, 6.07) is 5.95. The molecule has 4 heterocycles. The molecule has 1 amide bonds. The number of halogens is 4. The minimum Gasteiger partial charge on any atom is -0.436 e. The standard InChI is InChI=1S/C23H21ClF3N5O3/c1-13(32-7-6-23(26,27)17(12-32)14-2-5-20(33)29-9-14)21(34)31-19-4-3-16(11-28-19)35-22-18(24)8-15(25)10-30-22/h2-5,8-11,13,17H,6-7,12H2,1H3,(H,29,33)(H,28,31,34)/t13?,17-/m1/s1. The van der Waals surface area contributed by atoms with Crippen molar-refractivity contribution in [2.24, 2.45) is 0 Å². The third-order valence-electron chi connectivity index (χ3n) is 5.77. The number of pyridine rings is 3. The van der Waals surface area contributed by atoms with Crippen molar-refractivity contribution < 1.29 is 22.7 Å². The van der Waals surface area contributed by atoms with Crippen LogP contribution >= 0.6 is 11.6 Å². The zero-order chi connectivity index (χ0) is 25.2. The molecule has 2 atom stereocenters. The van der Waals surface area contributed by atoms with Crippen molar-refractivity contribution in [2.45, 2.75) is 31.2 Å². The highest BCUT2D eigenvalue weighted by molar-refractivity contribution is 6.31. The lowest BCUT2D eigenvalue weighted by atomic mass is 9.87. The van der Waals surface area contributed by atoms with Gasteiger partial charge in [-0.15, -0.1) is 0 Å². The highest BCUT2D eigenvalue weighted by Gasteiger charge is 2.46. The fourth-order valence-corrected chi connectivity index (χ4v) is 3.96. The molecule has 12 heteroatoms. The highest BCUT2D eigenvalue weighted by atomic mass is 35.5. The third kappa shape index (κ3) is 5.80. The monoisotopic (exact) mass is 507 g/mol. The van der Waals surface area contributed by atoms with E-state index in [0.717, 1.165) is 12.3 Å². The minimum absolute atomic E-state index is 0.000722. The van der Waals surface area contributed by atoms with E-state index in [0.29, 0.717) is 5.56 Å². The molecule has 0 saturated carbocycles. The molecule has 184 valence electrons.